The number of nitrogens with zero attached hydrogens (tertiary/aromatic N) is 1. The molecule has 2 aromatic heterocycles. The van der Waals surface area contributed by atoms with Crippen LogP contribution in [0.5, 0.6) is 5.75 Å². The number of rotatable bonds is 6. The highest BCUT2D eigenvalue weighted by Gasteiger charge is 2.25. The summed E-state index contributed by atoms with van der Waals surface area (Å²) in [7, 11) is -2.32. The summed E-state index contributed by atoms with van der Waals surface area (Å²) in [5, 5.41) is 3.87. The molecule has 2 aromatic carbocycles. The number of carbonyl (C=O) groups is 1. The Hall–Kier alpha value is -3.23. The Kier molecular flexibility index (Phi) is 6.47. The van der Waals surface area contributed by atoms with Crippen molar-refractivity contribution in [1.82, 2.24) is 10.3 Å². The Morgan fingerprint density at radius 3 is 2.44 bits per heavy atom. The highest BCUT2D eigenvalue weighted by Crippen LogP contribution is 2.34. The first-order valence-electron chi connectivity index (χ1n) is 10.7. The van der Waals surface area contributed by atoms with Gasteiger partial charge in [-0.15, -0.1) is 11.3 Å². The molecule has 0 saturated carbocycles. The number of fused-ring (bicyclic) bond motifs is 1. The molecule has 0 bridgehead atoms. The van der Waals surface area contributed by atoms with Crippen LogP contribution in [0.3, 0.4) is 0 Å². The van der Waals surface area contributed by atoms with Crippen LogP contribution >= 0.6 is 11.3 Å². The Morgan fingerprint density at radius 1 is 1.06 bits per heavy atom. The first-order valence-corrected chi connectivity index (χ1v) is 13.0. The zero-order valence-corrected chi connectivity index (χ0v) is 21.1. The van der Waals surface area contributed by atoms with E-state index in [0.29, 0.717) is 10.6 Å². The molecule has 0 saturated heterocycles. The van der Waals surface area contributed by atoms with Crippen LogP contribution in [0.2, 0.25) is 0 Å². The smallest absolute Gasteiger partial charge is 0.261 e. The summed E-state index contributed by atoms with van der Waals surface area (Å²) >= 11 is 1.38. The van der Waals surface area contributed by atoms with Crippen LogP contribution in [0.1, 0.15) is 41.6 Å². The summed E-state index contributed by atoms with van der Waals surface area (Å²) in [6.45, 7) is 6.38. The lowest BCUT2D eigenvalue weighted by atomic mass is 9.87. The summed E-state index contributed by atoms with van der Waals surface area (Å²) in [5.74, 6) is 0.129. The SMILES string of the molecule is COc1ccc(C(C)(C)C)cc1S(=O)(=O)c1ccc(CNC(=O)c2cc3ccncc3s2)cc1. The third kappa shape index (κ3) is 4.83. The van der Waals surface area contributed by atoms with Crippen molar-refractivity contribution in [3.8, 4) is 5.75 Å². The van der Waals surface area contributed by atoms with Gasteiger partial charge in [0, 0.05) is 18.9 Å². The summed E-state index contributed by atoms with van der Waals surface area (Å²) in [6.07, 6.45) is 3.43. The molecule has 0 unspecified atom stereocenters. The van der Waals surface area contributed by atoms with E-state index in [1.807, 2.05) is 39.0 Å². The minimum Gasteiger partial charge on any atom is -0.495 e. The van der Waals surface area contributed by atoms with E-state index in [0.717, 1.165) is 21.2 Å². The van der Waals surface area contributed by atoms with Gasteiger partial charge in [0.15, 0.2) is 0 Å². The van der Waals surface area contributed by atoms with Crippen molar-refractivity contribution in [2.45, 2.75) is 42.5 Å². The fraction of sp³-hybridized carbons (Fsp3) is 0.231. The van der Waals surface area contributed by atoms with Crippen LogP contribution < -0.4 is 10.1 Å². The number of nitrogens with one attached hydrogen (secondary N) is 1. The molecule has 0 radical (unpaired) electrons. The number of aromatic nitrogens is 1. The first kappa shape index (κ1) is 23.9. The highest BCUT2D eigenvalue weighted by atomic mass is 32.2. The molecule has 0 fully saturated rings. The number of amides is 1. The predicted molar refractivity (Wildman–Crippen MR) is 134 cm³/mol. The van der Waals surface area contributed by atoms with Crippen LogP contribution in [-0.4, -0.2) is 26.4 Å². The van der Waals surface area contributed by atoms with Crippen LogP contribution in [0, 0.1) is 0 Å². The maximum Gasteiger partial charge on any atom is 0.261 e. The molecule has 4 aromatic rings. The average molecular weight is 495 g/mol. The highest BCUT2D eigenvalue weighted by molar-refractivity contribution is 7.91. The summed E-state index contributed by atoms with van der Waals surface area (Å²) in [6, 6.07) is 15.5. The first-order chi connectivity index (χ1) is 16.1. The minimum absolute atomic E-state index is 0.141. The standard InChI is InChI=1S/C26H26N2O4S2/c1-26(2,3)19-7-10-21(32-4)24(14-19)34(30,31)20-8-5-17(6-9-20)15-28-25(29)22-13-18-11-12-27-16-23(18)33-22/h5-14,16H,15H2,1-4H3,(H,28,29). The molecule has 1 amide bonds. The number of sulfone groups is 1. The zero-order chi connectivity index (χ0) is 24.5. The van der Waals surface area contributed by atoms with E-state index in [1.54, 1.807) is 48.8 Å². The van der Waals surface area contributed by atoms with Gasteiger partial charge < -0.3 is 10.1 Å². The van der Waals surface area contributed by atoms with Gasteiger partial charge in [-0.3, -0.25) is 9.78 Å². The largest absolute Gasteiger partial charge is 0.495 e. The molecule has 0 atom stereocenters. The lowest BCUT2D eigenvalue weighted by molar-refractivity contribution is 0.0955. The molecule has 1 N–H and O–H groups in total. The quantitative estimate of drug-likeness (QED) is 0.390. The van der Waals surface area contributed by atoms with Gasteiger partial charge in [0.1, 0.15) is 10.6 Å². The molecule has 0 aliphatic heterocycles. The summed E-state index contributed by atoms with van der Waals surface area (Å²) < 4.78 is 33.1. The second-order valence-electron chi connectivity index (χ2n) is 8.97. The van der Waals surface area contributed by atoms with Crippen LogP contribution in [0.25, 0.3) is 10.1 Å². The summed E-state index contributed by atoms with van der Waals surface area (Å²) in [5.41, 5.74) is 1.50. The molecule has 6 nitrogen and oxygen atoms in total. The molecule has 0 aliphatic rings. The van der Waals surface area contributed by atoms with Gasteiger partial charge in [0.25, 0.3) is 5.91 Å². The van der Waals surface area contributed by atoms with Gasteiger partial charge >= 0.3 is 0 Å². The number of hydrogen-bond donors (Lipinski definition) is 1. The predicted octanol–water partition coefficient (Wildman–Crippen LogP) is 5.37. The molecule has 176 valence electrons. The van der Waals surface area contributed by atoms with E-state index in [2.05, 4.69) is 10.3 Å². The normalized spacial score (nSPS) is 12.0. The number of ether oxygens (including phenoxy) is 1. The van der Waals surface area contributed by atoms with Crippen LogP contribution in [-0.2, 0) is 21.8 Å². The van der Waals surface area contributed by atoms with Gasteiger partial charge in [0.05, 0.1) is 21.6 Å². The maximum atomic E-state index is 13.4. The van der Waals surface area contributed by atoms with Gasteiger partial charge in [-0.1, -0.05) is 39.0 Å². The Morgan fingerprint density at radius 2 is 1.79 bits per heavy atom. The average Bonchev–Trinajstić information content (AvgIpc) is 3.26. The zero-order valence-electron chi connectivity index (χ0n) is 19.5. The number of methoxy groups -OCH3 is 1. The van der Waals surface area contributed by atoms with Crippen LogP contribution in [0.4, 0.5) is 0 Å². The molecule has 8 heteroatoms. The Bertz CT molecular complexity index is 1420. The van der Waals surface area contributed by atoms with E-state index < -0.39 is 9.84 Å². The van der Waals surface area contributed by atoms with Crippen molar-refractivity contribution in [3.05, 3.63) is 83.0 Å². The molecule has 2 heterocycles. The summed E-state index contributed by atoms with van der Waals surface area (Å²) in [4.78, 5) is 17.5. The second-order valence-corrected chi connectivity index (χ2v) is 12.0. The number of carbonyl (C=O) groups excluding carboxylic acids is 1. The van der Waals surface area contributed by atoms with Gasteiger partial charge in [-0.25, -0.2) is 8.42 Å². The Balaban J connectivity index is 1.52. The number of hydrogen-bond acceptors (Lipinski definition) is 6. The fourth-order valence-corrected chi connectivity index (χ4v) is 5.93. The van der Waals surface area contributed by atoms with Crippen molar-refractivity contribution in [3.63, 3.8) is 0 Å². The number of pyridine rings is 1. The lowest BCUT2D eigenvalue weighted by Gasteiger charge is -2.21. The molecule has 4 rings (SSSR count). The Labute approximate surface area is 203 Å². The minimum atomic E-state index is -3.79. The van der Waals surface area contributed by atoms with Crippen LogP contribution in [0.15, 0.2) is 76.8 Å². The van der Waals surface area contributed by atoms with Crippen molar-refractivity contribution < 1.29 is 17.9 Å². The lowest BCUT2D eigenvalue weighted by Crippen LogP contribution is -2.21. The molecular formula is C26H26N2O4S2. The topological polar surface area (TPSA) is 85.4 Å². The fourth-order valence-electron chi connectivity index (χ4n) is 3.53. The monoisotopic (exact) mass is 494 g/mol. The van der Waals surface area contributed by atoms with Crippen molar-refractivity contribution in [2.75, 3.05) is 7.11 Å². The maximum absolute atomic E-state index is 13.4. The van der Waals surface area contributed by atoms with Crippen molar-refractivity contribution in [1.29, 1.82) is 0 Å². The van der Waals surface area contributed by atoms with E-state index in [-0.39, 0.29) is 27.7 Å². The molecule has 0 spiro atoms. The van der Waals surface area contributed by atoms with E-state index >= 15 is 0 Å². The third-order valence-corrected chi connectivity index (χ3v) is 8.43. The molecule has 34 heavy (non-hydrogen) atoms. The van der Waals surface area contributed by atoms with Crippen molar-refractivity contribution >= 4 is 37.2 Å². The molecule has 0 aliphatic carbocycles. The van der Waals surface area contributed by atoms with Gasteiger partial charge in [-0.2, -0.15) is 0 Å². The van der Waals surface area contributed by atoms with E-state index in [1.165, 1.54) is 18.4 Å². The van der Waals surface area contributed by atoms with Gasteiger partial charge in [-0.05, 0) is 58.3 Å². The van der Waals surface area contributed by atoms with Crippen molar-refractivity contribution in [2.24, 2.45) is 0 Å². The van der Waals surface area contributed by atoms with E-state index in [9.17, 15) is 13.2 Å². The molecular weight excluding hydrogens is 468 g/mol. The second kappa shape index (κ2) is 9.19. The van der Waals surface area contributed by atoms with E-state index in [4.69, 9.17) is 4.74 Å². The number of thiophene rings is 1. The van der Waals surface area contributed by atoms with Gasteiger partial charge in [0.2, 0.25) is 9.84 Å². The third-order valence-electron chi connectivity index (χ3n) is 5.55. The number of benzene rings is 2.